The Kier molecular flexibility index (Phi) is 4.43. The summed E-state index contributed by atoms with van der Waals surface area (Å²) >= 11 is 1.79. The summed E-state index contributed by atoms with van der Waals surface area (Å²) in [7, 11) is 0. The third-order valence-corrected chi connectivity index (χ3v) is 4.45. The number of thiophene rings is 1. The van der Waals surface area contributed by atoms with Crippen LogP contribution in [0.1, 0.15) is 38.0 Å². The van der Waals surface area contributed by atoms with E-state index in [4.69, 9.17) is 4.74 Å². The fourth-order valence-electron chi connectivity index (χ4n) is 2.71. The highest BCUT2D eigenvalue weighted by molar-refractivity contribution is 7.09. The molecule has 3 nitrogen and oxygen atoms in total. The number of hydrogen-bond donors (Lipinski definition) is 2. The van der Waals surface area contributed by atoms with Gasteiger partial charge in [-0.2, -0.15) is 0 Å². The molecule has 3 N–H and O–H groups in total. The van der Waals surface area contributed by atoms with Crippen LogP contribution in [0.2, 0.25) is 0 Å². The number of ether oxygens (including phenoxy) is 1. The molecule has 2 heterocycles. The minimum atomic E-state index is -0.534. The Morgan fingerprint density at radius 1 is 1.50 bits per heavy atom. The summed E-state index contributed by atoms with van der Waals surface area (Å²) in [6, 6.07) is 4.25. The summed E-state index contributed by atoms with van der Waals surface area (Å²) in [5, 5.41) is 15.0. The Balaban J connectivity index is 1.72. The van der Waals surface area contributed by atoms with Crippen molar-refractivity contribution >= 4 is 11.3 Å². The fraction of sp³-hybridized carbons (Fsp3) is 0.714. The molecule has 18 heavy (non-hydrogen) atoms. The van der Waals surface area contributed by atoms with Gasteiger partial charge in [0.1, 0.15) is 6.54 Å². The summed E-state index contributed by atoms with van der Waals surface area (Å²) < 4.78 is 5.66. The van der Waals surface area contributed by atoms with E-state index < -0.39 is 5.60 Å². The lowest BCUT2D eigenvalue weighted by Crippen LogP contribution is -2.83. The van der Waals surface area contributed by atoms with E-state index in [-0.39, 0.29) is 5.60 Å². The summed E-state index contributed by atoms with van der Waals surface area (Å²) in [4.78, 5) is 1.40. The number of quaternary nitrogens is 1. The highest BCUT2D eigenvalue weighted by Crippen LogP contribution is 2.33. The van der Waals surface area contributed by atoms with Crippen molar-refractivity contribution in [1.82, 2.24) is 0 Å². The van der Waals surface area contributed by atoms with Gasteiger partial charge in [0, 0.05) is 12.8 Å². The van der Waals surface area contributed by atoms with Crippen LogP contribution >= 0.6 is 11.3 Å². The Morgan fingerprint density at radius 3 is 3.00 bits per heavy atom. The SMILES string of the molecule is CC1(C)C[C@](O)(CC[NH2+]Cc2cccs2)CCO1. The largest absolute Gasteiger partial charge is 0.389 e. The maximum absolute atomic E-state index is 10.6. The van der Waals surface area contributed by atoms with E-state index in [0.717, 1.165) is 32.4 Å². The van der Waals surface area contributed by atoms with Gasteiger partial charge in [0.2, 0.25) is 0 Å². The highest BCUT2D eigenvalue weighted by Gasteiger charge is 2.39. The average molecular weight is 270 g/mol. The Hall–Kier alpha value is -0.420. The van der Waals surface area contributed by atoms with Crippen LogP contribution in [0.4, 0.5) is 0 Å². The van der Waals surface area contributed by atoms with E-state index in [1.807, 2.05) is 0 Å². The van der Waals surface area contributed by atoms with Gasteiger partial charge in [0.05, 0.1) is 29.2 Å². The second-order valence-electron chi connectivity index (χ2n) is 5.87. The summed E-state index contributed by atoms with van der Waals surface area (Å²) in [5.74, 6) is 0. The molecule has 2 rings (SSSR count). The molecular weight excluding hydrogens is 246 g/mol. The predicted octanol–water partition coefficient (Wildman–Crippen LogP) is 1.52. The summed E-state index contributed by atoms with van der Waals surface area (Å²) in [6.45, 7) is 6.80. The molecule has 0 amide bonds. The molecule has 1 atom stereocenters. The molecule has 102 valence electrons. The van der Waals surface area contributed by atoms with Crippen LogP contribution in [0.5, 0.6) is 0 Å². The normalized spacial score (nSPS) is 27.3. The molecule has 4 heteroatoms. The standard InChI is InChI=1S/C14H23NO2S/c1-13(2)11-14(16,6-8-17-13)5-7-15-10-12-4-3-9-18-12/h3-4,9,15-16H,5-8,10-11H2,1-2H3/p+1/t14-/m0/s1. The maximum atomic E-state index is 10.6. The zero-order valence-corrected chi connectivity index (χ0v) is 12.1. The van der Waals surface area contributed by atoms with Crippen molar-refractivity contribution in [2.45, 2.75) is 50.9 Å². The molecule has 0 aromatic carbocycles. The fourth-order valence-corrected chi connectivity index (χ4v) is 3.41. The van der Waals surface area contributed by atoms with Crippen molar-refractivity contribution < 1.29 is 15.2 Å². The van der Waals surface area contributed by atoms with Crippen LogP contribution in [0.3, 0.4) is 0 Å². The van der Waals surface area contributed by atoms with Crippen LogP contribution in [0.25, 0.3) is 0 Å². The van der Waals surface area contributed by atoms with Crippen molar-refractivity contribution in [1.29, 1.82) is 0 Å². The lowest BCUT2D eigenvalue weighted by atomic mass is 9.82. The second-order valence-corrected chi connectivity index (χ2v) is 6.90. The molecule has 0 spiro atoms. The van der Waals surface area contributed by atoms with Crippen molar-refractivity contribution in [2.24, 2.45) is 0 Å². The van der Waals surface area contributed by atoms with Gasteiger partial charge < -0.3 is 15.2 Å². The molecule has 1 fully saturated rings. The lowest BCUT2D eigenvalue weighted by molar-refractivity contribution is -0.672. The summed E-state index contributed by atoms with van der Waals surface area (Å²) in [5.41, 5.74) is -0.714. The number of aliphatic hydroxyl groups is 1. The Bertz CT molecular complexity index is 364. The monoisotopic (exact) mass is 270 g/mol. The molecule has 0 unspecified atom stereocenters. The third-order valence-electron chi connectivity index (χ3n) is 3.55. The molecule has 1 aliphatic rings. The molecule has 0 saturated carbocycles. The zero-order chi connectivity index (χ0) is 13.1. The molecule has 0 radical (unpaired) electrons. The Labute approximate surface area is 113 Å². The van der Waals surface area contributed by atoms with Gasteiger partial charge in [-0.15, -0.1) is 11.3 Å². The van der Waals surface area contributed by atoms with E-state index in [0.29, 0.717) is 6.61 Å². The van der Waals surface area contributed by atoms with Crippen molar-refractivity contribution in [3.05, 3.63) is 22.4 Å². The first-order valence-corrected chi connectivity index (χ1v) is 7.58. The lowest BCUT2D eigenvalue weighted by Gasteiger charge is -2.41. The van der Waals surface area contributed by atoms with E-state index in [2.05, 4.69) is 36.7 Å². The van der Waals surface area contributed by atoms with Crippen LogP contribution in [0, 0.1) is 0 Å². The van der Waals surface area contributed by atoms with Gasteiger partial charge in [0.25, 0.3) is 0 Å². The van der Waals surface area contributed by atoms with E-state index in [1.165, 1.54) is 4.88 Å². The van der Waals surface area contributed by atoms with Crippen LogP contribution in [-0.4, -0.2) is 29.5 Å². The minimum absolute atomic E-state index is 0.180. The van der Waals surface area contributed by atoms with E-state index >= 15 is 0 Å². The second kappa shape index (κ2) is 5.70. The van der Waals surface area contributed by atoms with Crippen molar-refractivity contribution in [2.75, 3.05) is 13.2 Å². The van der Waals surface area contributed by atoms with Gasteiger partial charge in [-0.05, 0) is 31.7 Å². The van der Waals surface area contributed by atoms with Gasteiger partial charge in [-0.1, -0.05) is 6.07 Å². The molecule has 1 aromatic heterocycles. The Morgan fingerprint density at radius 2 is 2.33 bits per heavy atom. The topological polar surface area (TPSA) is 46.1 Å². The first-order valence-electron chi connectivity index (χ1n) is 6.70. The van der Waals surface area contributed by atoms with E-state index in [9.17, 15) is 5.11 Å². The number of nitrogens with two attached hydrogens (primary N) is 1. The molecule has 1 aromatic rings. The highest BCUT2D eigenvalue weighted by atomic mass is 32.1. The van der Waals surface area contributed by atoms with E-state index in [1.54, 1.807) is 11.3 Å². The van der Waals surface area contributed by atoms with Crippen LogP contribution in [0.15, 0.2) is 17.5 Å². The van der Waals surface area contributed by atoms with Crippen LogP contribution in [-0.2, 0) is 11.3 Å². The van der Waals surface area contributed by atoms with Gasteiger partial charge in [-0.3, -0.25) is 0 Å². The molecule has 1 aliphatic heterocycles. The third kappa shape index (κ3) is 4.05. The zero-order valence-electron chi connectivity index (χ0n) is 11.3. The smallest absolute Gasteiger partial charge is 0.111 e. The quantitative estimate of drug-likeness (QED) is 0.797. The van der Waals surface area contributed by atoms with Gasteiger partial charge in [-0.25, -0.2) is 0 Å². The predicted molar refractivity (Wildman–Crippen MR) is 73.6 cm³/mol. The van der Waals surface area contributed by atoms with Gasteiger partial charge >= 0.3 is 0 Å². The number of rotatable bonds is 5. The average Bonchev–Trinajstić information content (AvgIpc) is 2.75. The molecule has 0 aliphatic carbocycles. The maximum Gasteiger partial charge on any atom is 0.111 e. The van der Waals surface area contributed by atoms with Crippen molar-refractivity contribution in [3.63, 3.8) is 0 Å². The van der Waals surface area contributed by atoms with Crippen molar-refractivity contribution in [3.8, 4) is 0 Å². The number of hydrogen-bond acceptors (Lipinski definition) is 3. The molecule has 1 saturated heterocycles. The minimum Gasteiger partial charge on any atom is -0.389 e. The first kappa shape index (κ1) is 14.0. The molecular formula is C14H24NO2S+. The van der Waals surface area contributed by atoms with Crippen LogP contribution < -0.4 is 5.32 Å². The molecule has 0 bridgehead atoms. The van der Waals surface area contributed by atoms with Gasteiger partial charge in [0.15, 0.2) is 0 Å². The summed E-state index contributed by atoms with van der Waals surface area (Å²) in [6.07, 6.45) is 2.36. The first-order chi connectivity index (χ1) is 8.49.